The van der Waals surface area contributed by atoms with E-state index in [2.05, 4.69) is 51.2 Å². The number of carbonyl (C=O) groups is 1. The number of hydrogen-bond donors (Lipinski definition) is 2. The Morgan fingerprint density at radius 2 is 1.59 bits per heavy atom. The molecule has 1 unspecified atom stereocenters. The quantitative estimate of drug-likeness (QED) is 0.663. The molecule has 2 rings (SSSR count). The fourth-order valence-electron chi connectivity index (χ4n) is 2.59. The van der Waals surface area contributed by atoms with E-state index in [1.807, 2.05) is 6.92 Å². The summed E-state index contributed by atoms with van der Waals surface area (Å²) in [5, 5.41) is 11.6. The van der Waals surface area contributed by atoms with Gasteiger partial charge in [-0.3, -0.25) is 4.79 Å². The standard InChI is InChI=1S/C15H23NO.C8H7F3O/c1-10(2)8-15(17)16-13(5)14-7-6-11(3)12(4)9-14;9-8(10,11)7-3-1-6(5-12)2-4-7/h6-7,9-10,13H,8H2,1-5H3,(H,16,17);1-4,12H,5H2. The molecule has 0 radical (unpaired) electrons. The normalized spacial score (nSPS) is 12.2. The second-order valence-corrected chi connectivity index (χ2v) is 7.58. The Balaban J connectivity index is 0.000000308. The van der Waals surface area contributed by atoms with Crippen molar-refractivity contribution >= 4 is 5.91 Å². The highest BCUT2D eigenvalue weighted by atomic mass is 19.4. The van der Waals surface area contributed by atoms with Gasteiger partial charge >= 0.3 is 6.18 Å². The Morgan fingerprint density at radius 3 is 2.03 bits per heavy atom. The number of aryl methyl sites for hydroxylation is 2. The van der Waals surface area contributed by atoms with Crippen molar-refractivity contribution in [1.82, 2.24) is 5.32 Å². The predicted molar refractivity (Wildman–Crippen MR) is 109 cm³/mol. The van der Waals surface area contributed by atoms with Crippen LogP contribution in [0.3, 0.4) is 0 Å². The van der Waals surface area contributed by atoms with Crippen LogP contribution in [0.2, 0.25) is 0 Å². The third-order valence-corrected chi connectivity index (χ3v) is 4.47. The molecular weight excluding hydrogens is 379 g/mol. The maximum absolute atomic E-state index is 12.0. The first-order chi connectivity index (χ1) is 13.4. The lowest BCUT2D eigenvalue weighted by molar-refractivity contribution is -0.137. The molecule has 160 valence electrons. The van der Waals surface area contributed by atoms with Crippen LogP contribution in [0.15, 0.2) is 42.5 Å². The van der Waals surface area contributed by atoms with E-state index in [0.29, 0.717) is 17.9 Å². The first kappa shape index (κ1) is 24.7. The van der Waals surface area contributed by atoms with Gasteiger partial charge in [0.05, 0.1) is 18.2 Å². The zero-order chi connectivity index (χ0) is 22.2. The van der Waals surface area contributed by atoms with Crippen molar-refractivity contribution in [3.63, 3.8) is 0 Å². The number of aliphatic hydroxyl groups excluding tert-OH is 1. The van der Waals surface area contributed by atoms with E-state index in [1.54, 1.807) is 0 Å². The summed E-state index contributed by atoms with van der Waals surface area (Å²) < 4.78 is 35.9. The number of hydrogen-bond acceptors (Lipinski definition) is 2. The number of nitrogens with one attached hydrogen (secondary N) is 1. The van der Waals surface area contributed by atoms with Gasteiger partial charge < -0.3 is 10.4 Å². The van der Waals surface area contributed by atoms with Crippen molar-refractivity contribution in [2.75, 3.05) is 0 Å². The van der Waals surface area contributed by atoms with Gasteiger partial charge in [0, 0.05) is 6.42 Å². The molecule has 0 saturated carbocycles. The molecule has 1 atom stereocenters. The molecule has 0 aliphatic carbocycles. The molecule has 2 aromatic carbocycles. The van der Waals surface area contributed by atoms with Gasteiger partial charge in [0.15, 0.2) is 0 Å². The Kier molecular flexibility index (Phi) is 9.37. The molecular formula is C23H30F3NO2. The van der Waals surface area contributed by atoms with E-state index < -0.39 is 11.7 Å². The van der Waals surface area contributed by atoms with Gasteiger partial charge in [0.2, 0.25) is 5.91 Å². The summed E-state index contributed by atoms with van der Waals surface area (Å²) in [6.07, 6.45) is -3.71. The second kappa shape index (κ2) is 11.0. The van der Waals surface area contributed by atoms with Crippen LogP contribution in [-0.4, -0.2) is 11.0 Å². The van der Waals surface area contributed by atoms with Gasteiger partial charge in [-0.1, -0.05) is 44.2 Å². The zero-order valence-corrected chi connectivity index (χ0v) is 17.6. The molecule has 0 spiro atoms. The van der Waals surface area contributed by atoms with Gasteiger partial charge in [-0.15, -0.1) is 0 Å². The average Bonchev–Trinajstić information content (AvgIpc) is 2.63. The largest absolute Gasteiger partial charge is 0.416 e. The number of alkyl halides is 3. The Morgan fingerprint density at radius 1 is 1.00 bits per heavy atom. The summed E-state index contributed by atoms with van der Waals surface area (Å²) in [4.78, 5) is 11.7. The number of aliphatic hydroxyl groups is 1. The molecule has 0 aliphatic rings. The molecule has 0 saturated heterocycles. The monoisotopic (exact) mass is 409 g/mol. The fraction of sp³-hybridized carbons (Fsp3) is 0.435. The third kappa shape index (κ3) is 8.69. The first-order valence-electron chi connectivity index (χ1n) is 9.57. The maximum Gasteiger partial charge on any atom is 0.416 e. The van der Waals surface area contributed by atoms with Crippen molar-refractivity contribution in [3.8, 4) is 0 Å². The van der Waals surface area contributed by atoms with E-state index >= 15 is 0 Å². The minimum Gasteiger partial charge on any atom is -0.392 e. The fourth-order valence-corrected chi connectivity index (χ4v) is 2.59. The van der Waals surface area contributed by atoms with Crippen LogP contribution in [0.25, 0.3) is 0 Å². The number of amides is 1. The van der Waals surface area contributed by atoms with Gasteiger partial charge in [-0.25, -0.2) is 0 Å². The molecule has 0 aliphatic heterocycles. The topological polar surface area (TPSA) is 49.3 Å². The van der Waals surface area contributed by atoms with Crippen molar-refractivity contribution < 1.29 is 23.1 Å². The summed E-state index contributed by atoms with van der Waals surface area (Å²) in [5.41, 5.74) is 3.51. The van der Waals surface area contributed by atoms with E-state index in [0.717, 1.165) is 12.1 Å². The molecule has 0 aromatic heterocycles. The Bertz CT molecular complexity index is 784. The summed E-state index contributed by atoms with van der Waals surface area (Å²) in [6.45, 7) is 10.1. The van der Waals surface area contributed by atoms with Crippen molar-refractivity contribution in [2.45, 2.75) is 59.9 Å². The molecule has 3 nitrogen and oxygen atoms in total. The Labute approximate surface area is 171 Å². The van der Waals surface area contributed by atoms with Crippen molar-refractivity contribution in [1.29, 1.82) is 0 Å². The van der Waals surface area contributed by atoms with Crippen LogP contribution in [0.4, 0.5) is 13.2 Å². The highest BCUT2D eigenvalue weighted by molar-refractivity contribution is 5.76. The van der Waals surface area contributed by atoms with E-state index in [9.17, 15) is 18.0 Å². The van der Waals surface area contributed by atoms with Crippen LogP contribution in [0.1, 0.15) is 61.1 Å². The van der Waals surface area contributed by atoms with Gasteiger partial charge in [-0.2, -0.15) is 13.2 Å². The summed E-state index contributed by atoms with van der Waals surface area (Å²) >= 11 is 0. The number of rotatable bonds is 5. The van der Waals surface area contributed by atoms with Gasteiger partial charge in [0.25, 0.3) is 0 Å². The lowest BCUT2D eigenvalue weighted by Crippen LogP contribution is -2.27. The smallest absolute Gasteiger partial charge is 0.392 e. The zero-order valence-electron chi connectivity index (χ0n) is 17.6. The molecule has 2 N–H and O–H groups in total. The molecule has 1 amide bonds. The Hall–Kier alpha value is -2.34. The predicted octanol–water partition coefficient (Wildman–Crippen LogP) is 5.72. The van der Waals surface area contributed by atoms with Crippen LogP contribution in [0, 0.1) is 19.8 Å². The van der Waals surface area contributed by atoms with Gasteiger partial charge in [-0.05, 0) is 61.1 Å². The number of halogens is 3. The van der Waals surface area contributed by atoms with E-state index in [4.69, 9.17) is 5.11 Å². The highest BCUT2D eigenvalue weighted by Gasteiger charge is 2.29. The SMILES string of the molecule is Cc1ccc(C(C)NC(=O)CC(C)C)cc1C.OCc1ccc(C(F)(F)F)cc1. The van der Waals surface area contributed by atoms with Crippen LogP contribution in [-0.2, 0) is 17.6 Å². The van der Waals surface area contributed by atoms with E-state index in [1.165, 1.54) is 28.8 Å². The molecule has 0 heterocycles. The minimum absolute atomic E-state index is 0.0838. The van der Waals surface area contributed by atoms with Crippen LogP contribution >= 0.6 is 0 Å². The molecule has 29 heavy (non-hydrogen) atoms. The average molecular weight is 409 g/mol. The highest BCUT2D eigenvalue weighted by Crippen LogP contribution is 2.29. The van der Waals surface area contributed by atoms with Crippen molar-refractivity contribution in [3.05, 3.63) is 70.3 Å². The summed E-state index contributed by atoms with van der Waals surface area (Å²) in [7, 11) is 0. The third-order valence-electron chi connectivity index (χ3n) is 4.47. The van der Waals surface area contributed by atoms with E-state index in [-0.39, 0.29) is 18.6 Å². The first-order valence-corrected chi connectivity index (χ1v) is 9.57. The number of benzene rings is 2. The minimum atomic E-state index is -4.30. The van der Waals surface area contributed by atoms with Crippen LogP contribution in [0.5, 0.6) is 0 Å². The molecule has 0 fully saturated rings. The molecule has 2 aromatic rings. The number of carbonyl (C=O) groups excluding carboxylic acids is 1. The second-order valence-electron chi connectivity index (χ2n) is 7.58. The lowest BCUT2D eigenvalue weighted by Gasteiger charge is -2.16. The van der Waals surface area contributed by atoms with Gasteiger partial charge in [0.1, 0.15) is 0 Å². The molecule has 6 heteroatoms. The van der Waals surface area contributed by atoms with Crippen LogP contribution < -0.4 is 5.32 Å². The summed E-state index contributed by atoms with van der Waals surface area (Å²) in [5.74, 6) is 0.535. The molecule has 0 bridgehead atoms. The lowest BCUT2D eigenvalue weighted by atomic mass is 10.0. The summed E-state index contributed by atoms with van der Waals surface area (Å²) in [6, 6.07) is 10.8. The van der Waals surface area contributed by atoms with Crippen molar-refractivity contribution in [2.24, 2.45) is 5.92 Å². The maximum atomic E-state index is 12.0.